The second-order valence-electron chi connectivity index (χ2n) is 5.98. The van der Waals surface area contributed by atoms with Crippen LogP contribution in [0.15, 0.2) is 29.2 Å². The van der Waals surface area contributed by atoms with Crippen molar-refractivity contribution < 1.29 is 13.2 Å². The summed E-state index contributed by atoms with van der Waals surface area (Å²) in [5.74, 6) is -0.00482. The Morgan fingerprint density at radius 2 is 1.70 bits per heavy atom. The van der Waals surface area contributed by atoms with Crippen molar-refractivity contribution in [2.45, 2.75) is 50.3 Å². The van der Waals surface area contributed by atoms with Crippen molar-refractivity contribution in [2.75, 3.05) is 19.6 Å². The van der Waals surface area contributed by atoms with Crippen molar-refractivity contribution >= 4 is 15.9 Å². The first-order chi connectivity index (χ1) is 11.0. The number of carbonyl (C=O) groups is 1. The lowest BCUT2D eigenvalue weighted by atomic mass is 10.2. The highest BCUT2D eigenvalue weighted by atomic mass is 32.2. The molecule has 23 heavy (non-hydrogen) atoms. The Balaban J connectivity index is 2.04. The summed E-state index contributed by atoms with van der Waals surface area (Å²) in [6, 6.07) is 6.25. The van der Waals surface area contributed by atoms with E-state index in [1.807, 2.05) is 11.8 Å². The number of likely N-dealkylation sites (tertiary alicyclic amines) is 1. The van der Waals surface area contributed by atoms with Gasteiger partial charge in [-0.05, 0) is 43.5 Å². The summed E-state index contributed by atoms with van der Waals surface area (Å²) in [6.07, 6.45) is 6.17. The van der Waals surface area contributed by atoms with Gasteiger partial charge in [0.1, 0.15) is 0 Å². The number of hydrogen-bond donors (Lipinski definition) is 1. The number of nitrogens with zero attached hydrogens (tertiary/aromatic N) is 1. The fourth-order valence-electron chi connectivity index (χ4n) is 2.70. The number of carbonyl (C=O) groups excluding carboxylic acids is 1. The highest BCUT2D eigenvalue weighted by molar-refractivity contribution is 7.89. The molecule has 0 spiro atoms. The van der Waals surface area contributed by atoms with Gasteiger partial charge in [-0.2, -0.15) is 0 Å². The Bertz CT molecular complexity index is 603. The molecule has 0 saturated carbocycles. The summed E-state index contributed by atoms with van der Waals surface area (Å²) < 4.78 is 26.8. The number of benzene rings is 1. The fourth-order valence-corrected chi connectivity index (χ4v) is 3.77. The zero-order valence-electron chi connectivity index (χ0n) is 13.8. The van der Waals surface area contributed by atoms with Crippen LogP contribution < -0.4 is 4.72 Å². The molecule has 1 aromatic rings. The van der Waals surface area contributed by atoms with Crippen LogP contribution in [0.3, 0.4) is 0 Å². The topological polar surface area (TPSA) is 66.5 Å². The van der Waals surface area contributed by atoms with E-state index in [0.29, 0.717) is 12.1 Å². The van der Waals surface area contributed by atoms with E-state index in [0.717, 1.165) is 38.8 Å². The second kappa shape index (κ2) is 8.45. The van der Waals surface area contributed by atoms with Crippen molar-refractivity contribution in [1.82, 2.24) is 9.62 Å². The number of amides is 1. The molecule has 6 heteroatoms. The van der Waals surface area contributed by atoms with E-state index in [2.05, 4.69) is 4.72 Å². The lowest BCUT2D eigenvalue weighted by Crippen LogP contribution is -2.31. The maximum Gasteiger partial charge on any atom is 0.253 e. The van der Waals surface area contributed by atoms with E-state index in [4.69, 9.17) is 0 Å². The minimum absolute atomic E-state index is 0.00482. The average Bonchev–Trinajstić information content (AvgIpc) is 2.84. The van der Waals surface area contributed by atoms with Crippen molar-refractivity contribution in [1.29, 1.82) is 0 Å². The van der Waals surface area contributed by atoms with Gasteiger partial charge in [0, 0.05) is 25.2 Å². The van der Waals surface area contributed by atoms with Gasteiger partial charge in [0.05, 0.1) is 4.90 Å². The highest BCUT2D eigenvalue weighted by Crippen LogP contribution is 2.15. The third-order valence-corrected chi connectivity index (χ3v) is 5.60. The van der Waals surface area contributed by atoms with E-state index in [9.17, 15) is 13.2 Å². The van der Waals surface area contributed by atoms with Gasteiger partial charge >= 0.3 is 0 Å². The molecule has 1 amide bonds. The number of nitrogens with one attached hydrogen (secondary N) is 1. The molecule has 0 bridgehead atoms. The largest absolute Gasteiger partial charge is 0.339 e. The first kappa shape index (κ1) is 17.9. The van der Waals surface area contributed by atoms with Gasteiger partial charge in [0.25, 0.3) is 5.91 Å². The van der Waals surface area contributed by atoms with E-state index in [1.165, 1.54) is 25.0 Å². The average molecular weight is 338 g/mol. The minimum atomic E-state index is -3.48. The maximum absolute atomic E-state index is 12.5. The second-order valence-corrected chi connectivity index (χ2v) is 7.75. The Morgan fingerprint density at radius 3 is 2.26 bits per heavy atom. The summed E-state index contributed by atoms with van der Waals surface area (Å²) >= 11 is 0. The van der Waals surface area contributed by atoms with Crippen LogP contribution in [-0.4, -0.2) is 38.9 Å². The van der Waals surface area contributed by atoms with Gasteiger partial charge in [-0.1, -0.05) is 26.2 Å². The van der Waals surface area contributed by atoms with Crippen molar-refractivity contribution in [3.05, 3.63) is 29.8 Å². The molecule has 2 rings (SSSR count). The number of sulfonamides is 1. The summed E-state index contributed by atoms with van der Waals surface area (Å²) in [5, 5.41) is 0. The molecule has 1 aromatic carbocycles. The maximum atomic E-state index is 12.5. The molecule has 1 heterocycles. The molecule has 0 atom stereocenters. The molecule has 1 aliphatic heterocycles. The van der Waals surface area contributed by atoms with Gasteiger partial charge < -0.3 is 4.90 Å². The zero-order chi connectivity index (χ0) is 16.7. The Morgan fingerprint density at radius 1 is 1.09 bits per heavy atom. The lowest BCUT2D eigenvalue weighted by Gasteiger charge is -2.20. The quantitative estimate of drug-likeness (QED) is 0.811. The predicted molar refractivity (Wildman–Crippen MR) is 90.9 cm³/mol. The molecule has 1 N–H and O–H groups in total. The first-order valence-corrected chi connectivity index (χ1v) is 9.92. The van der Waals surface area contributed by atoms with Crippen LogP contribution >= 0.6 is 0 Å². The van der Waals surface area contributed by atoms with E-state index >= 15 is 0 Å². The SMILES string of the molecule is CCCCNS(=O)(=O)c1ccc(C(=O)N2CCCCCC2)cc1. The van der Waals surface area contributed by atoms with E-state index < -0.39 is 10.0 Å². The normalized spacial score (nSPS) is 16.1. The molecule has 1 saturated heterocycles. The molecule has 0 aliphatic carbocycles. The molecule has 1 fully saturated rings. The number of unbranched alkanes of at least 4 members (excludes halogenated alkanes) is 1. The Labute approximate surface area is 139 Å². The van der Waals surface area contributed by atoms with Crippen LogP contribution in [0.4, 0.5) is 0 Å². The van der Waals surface area contributed by atoms with Gasteiger partial charge in [-0.3, -0.25) is 4.79 Å². The molecule has 5 nitrogen and oxygen atoms in total. The van der Waals surface area contributed by atoms with Gasteiger partial charge in [0.15, 0.2) is 0 Å². The van der Waals surface area contributed by atoms with Crippen molar-refractivity contribution in [3.8, 4) is 0 Å². The molecule has 1 aliphatic rings. The molecule has 128 valence electrons. The lowest BCUT2D eigenvalue weighted by molar-refractivity contribution is 0.0761. The van der Waals surface area contributed by atoms with Crippen LogP contribution in [0.25, 0.3) is 0 Å². The number of rotatable bonds is 6. The molecule has 0 radical (unpaired) electrons. The molecular formula is C17H26N2O3S. The van der Waals surface area contributed by atoms with Crippen LogP contribution in [0, 0.1) is 0 Å². The minimum Gasteiger partial charge on any atom is -0.339 e. The number of hydrogen-bond acceptors (Lipinski definition) is 3. The van der Waals surface area contributed by atoms with Crippen LogP contribution in [0.2, 0.25) is 0 Å². The van der Waals surface area contributed by atoms with Crippen LogP contribution in [0.5, 0.6) is 0 Å². The molecule has 0 unspecified atom stereocenters. The summed E-state index contributed by atoms with van der Waals surface area (Å²) in [4.78, 5) is 14.6. The van der Waals surface area contributed by atoms with Crippen molar-refractivity contribution in [3.63, 3.8) is 0 Å². The summed E-state index contributed by atoms with van der Waals surface area (Å²) in [6.45, 7) is 4.03. The van der Waals surface area contributed by atoms with Crippen LogP contribution in [0.1, 0.15) is 55.8 Å². The third kappa shape index (κ3) is 5.04. The van der Waals surface area contributed by atoms with Crippen molar-refractivity contribution in [2.24, 2.45) is 0 Å². The standard InChI is InChI=1S/C17H26N2O3S/c1-2-3-12-18-23(21,22)16-10-8-15(9-11-16)17(20)19-13-6-4-5-7-14-19/h8-11,18H,2-7,12-14H2,1H3. The Hall–Kier alpha value is -1.40. The summed E-state index contributed by atoms with van der Waals surface area (Å²) in [5.41, 5.74) is 0.555. The van der Waals surface area contributed by atoms with Gasteiger partial charge in [-0.15, -0.1) is 0 Å². The smallest absolute Gasteiger partial charge is 0.253 e. The zero-order valence-corrected chi connectivity index (χ0v) is 14.6. The summed E-state index contributed by atoms with van der Waals surface area (Å²) in [7, 11) is -3.48. The molecular weight excluding hydrogens is 312 g/mol. The highest BCUT2D eigenvalue weighted by Gasteiger charge is 2.19. The predicted octanol–water partition coefficient (Wildman–Crippen LogP) is 2.78. The third-order valence-electron chi connectivity index (χ3n) is 4.13. The Kier molecular flexibility index (Phi) is 6.59. The van der Waals surface area contributed by atoms with Gasteiger partial charge in [0.2, 0.25) is 10.0 Å². The first-order valence-electron chi connectivity index (χ1n) is 8.43. The van der Waals surface area contributed by atoms with Crippen LogP contribution in [-0.2, 0) is 10.0 Å². The van der Waals surface area contributed by atoms with E-state index in [-0.39, 0.29) is 10.8 Å². The fraction of sp³-hybridized carbons (Fsp3) is 0.588. The monoisotopic (exact) mass is 338 g/mol. The van der Waals surface area contributed by atoms with E-state index in [1.54, 1.807) is 12.1 Å². The van der Waals surface area contributed by atoms with Gasteiger partial charge in [-0.25, -0.2) is 13.1 Å². The molecule has 0 aromatic heterocycles.